The number of ether oxygens (including phenoxy) is 1. The van der Waals surface area contributed by atoms with Crippen molar-refractivity contribution in [1.29, 1.82) is 0 Å². The van der Waals surface area contributed by atoms with Crippen molar-refractivity contribution in [1.82, 2.24) is 5.32 Å². The van der Waals surface area contributed by atoms with Gasteiger partial charge < -0.3 is 15.2 Å². The molecule has 0 spiro atoms. The number of nitrogens with one attached hydrogen (secondary N) is 1. The molecule has 4 nitrogen and oxygen atoms in total. The summed E-state index contributed by atoms with van der Waals surface area (Å²) in [6.45, 7) is 0. The molecular weight excluding hydrogens is 277 g/mol. The Kier molecular flexibility index (Phi) is 7.86. The van der Waals surface area contributed by atoms with Crippen molar-refractivity contribution in [2.75, 3.05) is 7.11 Å². The number of hydrogen-bond acceptors (Lipinski definition) is 3. The zero-order valence-electron chi connectivity index (χ0n) is 12.7. The minimum atomic E-state index is -0.189. The first-order chi connectivity index (χ1) is 9.69. The molecule has 1 N–H and O–H groups in total. The predicted molar refractivity (Wildman–Crippen MR) is 75.9 cm³/mol. The minimum absolute atomic E-state index is 0. The van der Waals surface area contributed by atoms with Gasteiger partial charge in [0.2, 0.25) is 0 Å². The minimum Gasteiger partial charge on any atom is -0.872 e. The van der Waals surface area contributed by atoms with E-state index in [4.69, 9.17) is 4.74 Å². The van der Waals surface area contributed by atoms with E-state index >= 15 is 0 Å². The van der Waals surface area contributed by atoms with E-state index in [0.29, 0.717) is 0 Å². The summed E-state index contributed by atoms with van der Waals surface area (Å²) in [5.74, 6) is 0.0348. The molecule has 2 rings (SSSR count). The Morgan fingerprint density at radius 1 is 1.24 bits per heavy atom. The van der Waals surface area contributed by atoms with Crippen molar-refractivity contribution in [2.45, 2.75) is 38.1 Å². The summed E-state index contributed by atoms with van der Waals surface area (Å²) in [4.78, 5) is 12.1. The van der Waals surface area contributed by atoms with Crippen LogP contribution in [0.25, 0.3) is 6.08 Å². The van der Waals surface area contributed by atoms with Gasteiger partial charge in [-0.05, 0) is 24.5 Å². The second kappa shape index (κ2) is 9.13. The molecule has 0 radical (unpaired) electrons. The van der Waals surface area contributed by atoms with Gasteiger partial charge in [0.1, 0.15) is 0 Å². The number of carbonyl (C=O) groups is 1. The molecule has 21 heavy (non-hydrogen) atoms. The second-order valence-electron chi connectivity index (χ2n) is 5.09. The van der Waals surface area contributed by atoms with Crippen LogP contribution >= 0.6 is 0 Å². The quantitative estimate of drug-likeness (QED) is 0.450. The summed E-state index contributed by atoms with van der Waals surface area (Å²) >= 11 is 0. The Morgan fingerprint density at radius 3 is 2.43 bits per heavy atom. The Labute approximate surface area is 147 Å². The van der Waals surface area contributed by atoms with E-state index in [0.717, 1.165) is 18.4 Å². The van der Waals surface area contributed by atoms with Gasteiger partial charge in [-0.2, -0.15) is 0 Å². The van der Waals surface area contributed by atoms with Crippen LogP contribution in [0, 0.1) is 0 Å². The molecule has 0 aliphatic heterocycles. The molecule has 1 aliphatic rings. The third kappa shape index (κ3) is 5.73. The van der Waals surface area contributed by atoms with Gasteiger partial charge in [-0.15, -0.1) is 5.75 Å². The zero-order valence-corrected chi connectivity index (χ0v) is 14.7. The smallest absolute Gasteiger partial charge is 0.872 e. The molecule has 1 aliphatic carbocycles. The fourth-order valence-electron chi connectivity index (χ4n) is 2.44. The average molecular weight is 297 g/mol. The second-order valence-corrected chi connectivity index (χ2v) is 5.09. The van der Waals surface area contributed by atoms with Crippen molar-refractivity contribution in [3.63, 3.8) is 0 Å². The van der Waals surface area contributed by atoms with Crippen LogP contribution in [0.4, 0.5) is 0 Å². The number of carbonyl (C=O) groups excluding carboxylic acids is 1. The van der Waals surface area contributed by atoms with Gasteiger partial charge in [0.15, 0.2) is 5.76 Å². The maximum Gasteiger partial charge on any atom is 1.00 e. The molecule has 0 aromatic heterocycles. The van der Waals surface area contributed by atoms with Gasteiger partial charge in [-0.25, -0.2) is 0 Å². The van der Waals surface area contributed by atoms with Crippen LogP contribution in [0.1, 0.15) is 37.7 Å². The van der Waals surface area contributed by atoms with Gasteiger partial charge in [-0.3, -0.25) is 4.79 Å². The van der Waals surface area contributed by atoms with Gasteiger partial charge in [-0.1, -0.05) is 43.5 Å². The van der Waals surface area contributed by atoms with E-state index in [1.54, 1.807) is 18.2 Å². The number of amides is 1. The first-order valence-electron chi connectivity index (χ1n) is 7.02. The van der Waals surface area contributed by atoms with E-state index in [2.05, 4.69) is 5.32 Å². The Hall–Kier alpha value is -0.970. The normalized spacial score (nSPS) is 16.0. The van der Waals surface area contributed by atoms with E-state index in [1.165, 1.54) is 38.5 Å². The fourth-order valence-corrected chi connectivity index (χ4v) is 2.44. The first kappa shape index (κ1) is 18.1. The van der Waals surface area contributed by atoms with E-state index < -0.39 is 0 Å². The molecule has 5 heteroatoms. The average Bonchev–Trinajstić information content (AvgIpc) is 2.47. The Morgan fingerprint density at radius 2 is 1.86 bits per heavy atom. The zero-order chi connectivity index (χ0) is 14.4. The summed E-state index contributed by atoms with van der Waals surface area (Å²) in [6.07, 6.45) is 7.31. The Balaban J connectivity index is 0.00000220. The van der Waals surface area contributed by atoms with Crippen LogP contribution in [0.2, 0.25) is 0 Å². The fraction of sp³-hybridized carbons (Fsp3) is 0.438. The Bertz CT molecular complexity index is 479. The summed E-state index contributed by atoms with van der Waals surface area (Å²) in [5, 5.41) is 14.0. The van der Waals surface area contributed by atoms with Crippen molar-refractivity contribution >= 4 is 12.0 Å². The monoisotopic (exact) mass is 297 g/mol. The number of benzene rings is 1. The van der Waals surface area contributed by atoms with E-state index in [-0.39, 0.29) is 53.0 Å². The van der Waals surface area contributed by atoms with Crippen LogP contribution in [-0.4, -0.2) is 19.1 Å². The molecular formula is C16H20NNaO3. The first-order valence-corrected chi connectivity index (χ1v) is 7.02. The third-order valence-corrected chi connectivity index (χ3v) is 3.56. The van der Waals surface area contributed by atoms with Gasteiger partial charge in [0, 0.05) is 6.04 Å². The predicted octanol–water partition coefficient (Wildman–Crippen LogP) is -0.800. The number of rotatable bonds is 4. The number of methoxy groups -OCH3 is 1. The SMILES string of the molecule is COC(=Cc1ccc([O-])cc1)C(=O)NC1CCCCC1.[Na+]. The summed E-state index contributed by atoms with van der Waals surface area (Å²) in [7, 11) is 1.48. The summed E-state index contributed by atoms with van der Waals surface area (Å²) in [5.41, 5.74) is 0.778. The number of hydrogen-bond donors (Lipinski definition) is 1. The molecule has 0 atom stereocenters. The molecule has 1 saturated carbocycles. The van der Waals surface area contributed by atoms with Crippen molar-refractivity contribution in [2.24, 2.45) is 0 Å². The van der Waals surface area contributed by atoms with Crippen LogP contribution in [0.5, 0.6) is 5.75 Å². The molecule has 108 valence electrons. The maximum absolute atomic E-state index is 12.1. The van der Waals surface area contributed by atoms with E-state index in [9.17, 15) is 9.90 Å². The van der Waals surface area contributed by atoms with Crippen molar-refractivity contribution in [3.05, 3.63) is 35.6 Å². The molecule has 1 aromatic rings. The molecule has 1 amide bonds. The van der Waals surface area contributed by atoms with Gasteiger partial charge >= 0.3 is 29.6 Å². The molecule has 0 unspecified atom stereocenters. The molecule has 1 fully saturated rings. The molecule has 1 aromatic carbocycles. The van der Waals surface area contributed by atoms with Crippen LogP contribution < -0.4 is 40.0 Å². The van der Waals surface area contributed by atoms with Crippen LogP contribution in [0.3, 0.4) is 0 Å². The molecule has 0 bridgehead atoms. The van der Waals surface area contributed by atoms with Gasteiger partial charge in [0.25, 0.3) is 5.91 Å². The molecule has 0 saturated heterocycles. The summed E-state index contributed by atoms with van der Waals surface area (Å²) in [6, 6.07) is 6.54. The third-order valence-electron chi connectivity index (χ3n) is 3.56. The largest absolute Gasteiger partial charge is 1.00 e. The topological polar surface area (TPSA) is 61.4 Å². The van der Waals surface area contributed by atoms with Crippen LogP contribution in [0.15, 0.2) is 30.0 Å². The van der Waals surface area contributed by atoms with Crippen molar-refractivity contribution < 1.29 is 44.2 Å². The summed E-state index contributed by atoms with van der Waals surface area (Å²) < 4.78 is 5.16. The van der Waals surface area contributed by atoms with Gasteiger partial charge in [0.05, 0.1) is 7.11 Å². The molecule has 0 heterocycles. The van der Waals surface area contributed by atoms with Crippen molar-refractivity contribution in [3.8, 4) is 5.75 Å². The van der Waals surface area contributed by atoms with Crippen LogP contribution in [-0.2, 0) is 9.53 Å². The maximum atomic E-state index is 12.1. The standard InChI is InChI=1S/C16H21NO3.Na/c1-20-15(11-12-7-9-14(18)10-8-12)16(19)17-13-5-3-2-4-6-13;/h7-11,13,18H,2-6H2,1H3,(H,17,19);/q;+1/p-1. The van der Waals surface area contributed by atoms with E-state index in [1.807, 2.05) is 0 Å².